The minimum Gasteiger partial charge on any atom is -0.326 e. The number of para-hydroxylation sites is 1. The third kappa shape index (κ3) is 1.45. The van der Waals surface area contributed by atoms with Crippen LogP contribution < -0.4 is 4.90 Å². The van der Waals surface area contributed by atoms with Crippen molar-refractivity contribution in [3.8, 4) is 0 Å². The maximum atomic E-state index is 4.53. The van der Waals surface area contributed by atoms with Crippen molar-refractivity contribution in [2.75, 3.05) is 11.4 Å². The number of nitrogens with zero attached hydrogens (tertiary/aromatic N) is 3. The average molecular weight is 211 g/mol. The van der Waals surface area contributed by atoms with Crippen LogP contribution in [0.2, 0.25) is 0 Å². The SMILES string of the molecule is Cc1ncc2c(n1)N(c1ccccc1)CC2. The molecule has 16 heavy (non-hydrogen) atoms. The maximum Gasteiger partial charge on any atom is 0.139 e. The summed E-state index contributed by atoms with van der Waals surface area (Å²) in [7, 11) is 0. The van der Waals surface area contributed by atoms with Crippen molar-refractivity contribution >= 4 is 11.5 Å². The first-order valence-corrected chi connectivity index (χ1v) is 5.50. The van der Waals surface area contributed by atoms with E-state index in [0.717, 1.165) is 24.6 Å². The molecule has 0 atom stereocenters. The Morgan fingerprint density at radius 3 is 2.81 bits per heavy atom. The summed E-state index contributed by atoms with van der Waals surface area (Å²) in [5, 5.41) is 0. The van der Waals surface area contributed by atoms with E-state index >= 15 is 0 Å². The van der Waals surface area contributed by atoms with Gasteiger partial charge >= 0.3 is 0 Å². The Kier molecular flexibility index (Phi) is 2.10. The standard InChI is InChI=1S/C13H13N3/c1-10-14-9-11-7-8-16(13(11)15-10)12-5-3-2-4-6-12/h2-6,9H,7-8H2,1H3. The molecule has 2 heterocycles. The largest absolute Gasteiger partial charge is 0.326 e. The molecule has 0 unspecified atom stereocenters. The summed E-state index contributed by atoms with van der Waals surface area (Å²) in [5.74, 6) is 1.90. The van der Waals surface area contributed by atoms with E-state index in [9.17, 15) is 0 Å². The zero-order valence-corrected chi connectivity index (χ0v) is 9.22. The van der Waals surface area contributed by atoms with Gasteiger partial charge in [0, 0.05) is 24.0 Å². The van der Waals surface area contributed by atoms with Gasteiger partial charge in [0.05, 0.1) is 0 Å². The van der Waals surface area contributed by atoms with Crippen molar-refractivity contribution in [3.63, 3.8) is 0 Å². The molecule has 0 saturated carbocycles. The lowest BCUT2D eigenvalue weighted by molar-refractivity contribution is 0.987. The molecule has 0 N–H and O–H groups in total. The molecule has 1 aliphatic heterocycles. The Hall–Kier alpha value is -1.90. The van der Waals surface area contributed by atoms with Crippen LogP contribution in [0.15, 0.2) is 36.5 Å². The molecule has 0 amide bonds. The fraction of sp³-hybridized carbons (Fsp3) is 0.231. The summed E-state index contributed by atoms with van der Waals surface area (Å²) in [5.41, 5.74) is 2.45. The van der Waals surface area contributed by atoms with Crippen LogP contribution in [0.5, 0.6) is 0 Å². The van der Waals surface area contributed by atoms with Crippen molar-refractivity contribution in [1.29, 1.82) is 0 Å². The van der Waals surface area contributed by atoms with E-state index in [-0.39, 0.29) is 0 Å². The van der Waals surface area contributed by atoms with Crippen molar-refractivity contribution in [3.05, 3.63) is 47.9 Å². The molecule has 1 aromatic carbocycles. The monoisotopic (exact) mass is 211 g/mol. The molecule has 0 fully saturated rings. The quantitative estimate of drug-likeness (QED) is 0.725. The van der Waals surface area contributed by atoms with Crippen LogP contribution in [0.4, 0.5) is 11.5 Å². The molecular formula is C13H13N3. The normalized spacial score (nSPS) is 13.9. The van der Waals surface area contributed by atoms with Crippen LogP contribution >= 0.6 is 0 Å². The van der Waals surface area contributed by atoms with Gasteiger partial charge in [0.1, 0.15) is 11.6 Å². The minimum absolute atomic E-state index is 0.835. The van der Waals surface area contributed by atoms with E-state index in [1.165, 1.54) is 11.3 Å². The van der Waals surface area contributed by atoms with Gasteiger partial charge in [0.15, 0.2) is 0 Å². The Bertz CT molecular complexity index is 508. The lowest BCUT2D eigenvalue weighted by Gasteiger charge is -2.18. The van der Waals surface area contributed by atoms with Crippen LogP contribution in [0.25, 0.3) is 0 Å². The van der Waals surface area contributed by atoms with Gasteiger partial charge in [0.25, 0.3) is 0 Å². The second kappa shape index (κ2) is 3.59. The van der Waals surface area contributed by atoms with Crippen molar-refractivity contribution in [2.24, 2.45) is 0 Å². The van der Waals surface area contributed by atoms with Gasteiger partial charge in [-0.3, -0.25) is 0 Å². The highest BCUT2D eigenvalue weighted by molar-refractivity contribution is 5.65. The minimum atomic E-state index is 0.835. The second-order valence-corrected chi connectivity index (χ2v) is 4.00. The second-order valence-electron chi connectivity index (χ2n) is 4.00. The highest BCUT2D eigenvalue weighted by atomic mass is 15.2. The van der Waals surface area contributed by atoms with Gasteiger partial charge in [0.2, 0.25) is 0 Å². The molecule has 0 radical (unpaired) electrons. The summed E-state index contributed by atoms with van der Waals surface area (Å²) in [6, 6.07) is 10.4. The van der Waals surface area contributed by atoms with Gasteiger partial charge in [-0.1, -0.05) is 18.2 Å². The first kappa shape index (κ1) is 9.33. The molecule has 0 saturated heterocycles. The summed E-state index contributed by atoms with van der Waals surface area (Å²) in [4.78, 5) is 11.0. The highest BCUT2D eigenvalue weighted by Crippen LogP contribution is 2.31. The van der Waals surface area contributed by atoms with Crippen LogP contribution in [0.3, 0.4) is 0 Å². The molecule has 3 nitrogen and oxygen atoms in total. The number of fused-ring (bicyclic) bond motifs is 1. The Balaban J connectivity index is 2.06. The third-order valence-corrected chi connectivity index (χ3v) is 2.89. The molecule has 3 rings (SSSR count). The van der Waals surface area contributed by atoms with Crippen molar-refractivity contribution in [2.45, 2.75) is 13.3 Å². The topological polar surface area (TPSA) is 29.0 Å². The Morgan fingerprint density at radius 1 is 1.19 bits per heavy atom. The van der Waals surface area contributed by atoms with E-state index in [4.69, 9.17) is 0 Å². The maximum absolute atomic E-state index is 4.53. The Labute approximate surface area is 94.8 Å². The molecule has 1 aromatic heterocycles. The fourth-order valence-electron chi connectivity index (χ4n) is 2.09. The number of hydrogen-bond acceptors (Lipinski definition) is 3. The zero-order valence-electron chi connectivity index (χ0n) is 9.22. The lowest BCUT2D eigenvalue weighted by Crippen LogP contribution is -2.14. The number of aryl methyl sites for hydroxylation is 1. The zero-order chi connectivity index (χ0) is 11.0. The predicted octanol–water partition coefficient (Wildman–Crippen LogP) is 2.48. The first-order chi connectivity index (χ1) is 7.84. The highest BCUT2D eigenvalue weighted by Gasteiger charge is 2.22. The van der Waals surface area contributed by atoms with Crippen LogP contribution in [-0.2, 0) is 6.42 Å². The molecule has 0 aliphatic carbocycles. The summed E-state index contributed by atoms with van der Waals surface area (Å²) >= 11 is 0. The number of aromatic nitrogens is 2. The molecular weight excluding hydrogens is 198 g/mol. The number of rotatable bonds is 1. The summed E-state index contributed by atoms with van der Waals surface area (Å²) < 4.78 is 0. The van der Waals surface area contributed by atoms with Gasteiger partial charge in [-0.15, -0.1) is 0 Å². The third-order valence-electron chi connectivity index (χ3n) is 2.89. The Morgan fingerprint density at radius 2 is 2.00 bits per heavy atom. The van der Waals surface area contributed by atoms with E-state index < -0.39 is 0 Å². The fourth-order valence-corrected chi connectivity index (χ4v) is 2.09. The molecule has 1 aliphatic rings. The van der Waals surface area contributed by atoms with Crippen LogP contribution in [0, 0.1) is 6.92 Å². The van der Waals surface area contributed by atoms with E-state index in [1.807, 2.05) is 19.2 Å². The van der Waals surface area contributed by atoms with Gasteiger partial charge in [-0.2, -0.15) is 0 Å². The van der Waals surface area contributed by atoms with E-state index in [0.29, 0.717) is 0 Å². The molecule has 0 spiro atoms. The van der Waals surface area contributed by atoms with Gasteiger partial charge < -0.3 is 4.90 Å². The van der Waals surface area contributed by atoms with Gasteiger partial charge in [-0.25, -0.2) is 9.97 Å². The van der Waals surface area contributed by atoms with Gasteiger partial charge in [-0.05, 0) is 25.5 Å². The van der Waals surface area contributed by atoms with Crippen molar-refractivity contribution in [1.82, 2.24) is 9.97 Å². The lowest BCUT2D eigenvalue weighted by atomic mass is 10.3. The first-order valence-electron chi connectivity index (χ1n) is 5.50. The van der Waals surface area contributed by atoms with Crippen LogP contribution in [-0.4, -0.2) is 16.5 Å². The summed E-state index contributed by atoms with van der Waals surface area (Å²) in [6.07, 6.45) is 2.98. The molecule has 2 aromatic rings. The van der Waals surface area contributed by atoms with E-state index in [2.05, 4.69) is 39.1 Å². The molecule has 3 heteroatoms. The summed E-state index contributed by atoms with van der Waals surface area (Å²) in [6.45, 7) is 2.93. The van der Waals surface area contributed by atoms with E-state index in [1.54, 1.807) is 0 Å². The van der Waals surface area contributed by atoms with Crippen LogP contribution in [0.1, 0.15) is 11.4 Å². The molecule has 80 valence electrons. The number of benzene rings is 1. The van der Waals surface area contributed by atoms with Crippen molar-refractivity contribution < 1.29 is 0 Å². The average Bonchev–Trinajstić information content (AvgIpc) is 2.73. The molecule has 0 bridgehead atoms. The predicted molar refractivity (Wildman–Crippen MR) is 63.9 cm³/mol. The number of anilines is 2. The number of hydrogen-bond donors (Lipinski definition) is 0. The smallest absolute Gasteiger partial charge is 0.139 e.